The molecular weight excluding hydrogens is 202 g/mol. The molecule has 0 aliphatic rings. The summed E-state index contributed by atoms with van der Waals surface area (Å²) in [6.45, 7) is 4.43. The van der Waals surface area contributed by atoms with E-state index in [2.05, 4.69) is 5.32 Å². The quantitative estimate of drug-likeness (QED) is 0.797. The SMILES string of the molecule is CC(C)C(O)CCNC(=O)c1ccccc1. The van der Waals surface area contributed by atoms with Crippen molar-refractivity contribution in [3.63, 3.8) is 0 Å². The van der Waals surface area contributed by atoms with Crippen LogP contribution in [0.2, 0.25) is 0 Å². The number of aliphatic hydroxyl groups is 1. The van der Waals surface area contributed by atoms with Gasteiger partial charge in [-0.05, 0) is 24.5 Å². The van der Waals surface area contributed by atoms with Crippen LogP contribution in [0, 0.1) is 5.92 Å². The molecule has 0 saturated carbocycles. The average Bonchev–Trinajstić information content (AvgIpc) is 2.29. The number of rotatable bonds is 5. The Morgan fingerprint density at radius 3 is 2.50 bits per heavy atom. The van der Waals surface area contributed by atoms with E-state index in [9.17, 15) is 9.90 Å². The monoisotopic (exact) mass is 221 g/mol. The number of amides is 1. The lowest BCUT2D eigenvalue weighted by molar-refractivity contribution is 0.0920. The van der Waals surface area contributed by atoms with Gasteiger partial charge < -0.3 is 10.4 Å². The van der Waals surface area contributed by atoms with Gasteiger partial charge in [0.05, 0.1) is 6.10 Å². The van der Waals surface area contributed by atoms with Gasteiger partial charge in [-0.1, -0.05) is 32.0 Å². The summed E-state index contributed by atoms with van der Waals surface area (Å²) >= 11 is 0. The third kappa shape index (κ3) is 4.03. The summed E-state index contributed by atoms with van der Waals surface area (Å²) in [6, 6.07) is 9.08. The van der Waals surface area contributed by atoms with E-state index < -0.39 is 0 Å². The van der Waals surface area contributed by atoms with Crippen molar-refractivity contribution in [2.75, 3.05) is 6.54 Å². The van der Waals surface area contributed by atoms with Crippen molar-refractivity contribution in [1.82, 2.24) is 5.32 Å². The summed E-state index contributed by atoms with van der Waals surface area (Å²) in [5, 5.41) is 12.3. The Morgan fingerprint density at radius 2 is 1.94 bits per heavy atom. The van der Waals surface area contributed by atoms with Gasteiger partial charge in [-0.25, -0.2) is 0 Å². The summed E-state index contributed by atoms with van der Waals surface area (Å²) < 4.78 is 0. The Morgan fingerprint density at radius 1 is 1.31 bits per heavy atom. The third-order valence-electron chi connectivity index (χ3n) is 2.53. The molecule has 3 nitrogen and oxygen atoms in total. The molecule has 1 rings (SSSR count). The van der Waals surface area contributed by atoms with E-state index in [1.807, 2.05) is 32.0 Å². The second-order valence-electron chi connectivity index (χ2n) is 4.22. The van der Waals surface area contributed by atoms with Crippen molar-refractivity contribution in [3.05, 3.63) is 35.9 Å². The first-order valence-corrected chi connectivity index (χ1v) is 5.62. The third-order valence-corrected chi connectivity index (χ3v) is 2.53. The van der Waals surface area contributed by atoms with Gasteiger partial charge in [0.1, 0.15) is 0 Å². The molecule has 0 spiro atoms. The van der Waals surface area contributed by atoms with Crippen LogP contribution in [0.1, 0.15) is 30.6 Å². The van der Waals surface area contributed by atoms with Gasteiger partial charge in [0.2, 0.25) is 0 Å². The van der Waals surface area contributed by atoms with Gasteiger partial charge in [0, 0.05) is 12.1 Å². The fourth-order valence-electron chi connectivity index (χ4n) is 1.36. The molecule has 88 valence electrons. The van der Waals surface area contributed by atoms with E-state index in [4.69, 9.17) is 0 Å². The summed E-state index contributed by atoms with van der Waals surface area (Å²) in [5.74, 6) is 0.144. The molecule has 3 heteroatoms. The molecule has 2 N–H and O–H groups in total. The number of hydrogen-bond acceptors (Lipinski definition) is 2. The summed E-state index contributed by atoms with van der Waals surface area (Å²) in [6.07, 6.45) is 0.243. The highest BCUT2D eigenvalue weighted by Crippen LogP contribution is 2.04. The molecule has 1 amide bonds. The second kappa shape index (κ2) is 6.28. The van der Waals surface area contributed by atoms with Crippen molar-refractivity contribution in [3.8, 4) is 0 Å². The zero-order valence-corrected chi connectivity index (χ0v) is 9.81. The van der Waals surface area contributed by atoms with Crippen LogP contribution in [0.5, 0.6) is 0 Å². The van der Waals surface area contributed by atoms with E-state index in [0.29, 0.717) is 18.5 Å². The van der Waals surface area contributed by atoms with Gasteiger partial charge in [-0.3, -0.25) is 4.79 Å². The Hall–Kier alpha value is -1.35. The van der Waals surface area contributed by atoms with Crippen molar-refractivity contribution in [2.24, 2.45) is 5.92 Å². The summed E-state index contributed by atoms with van der Waals surface area (Å²) in [7, 11) is 0. The number of carbonyl (C=O) groups is 1. The number of aliphatic hydroxyl groups excluding tert-OH is 1. The maximum atomic E-state index is 11.6. The molecule has 1 aromatic rings. The van der Waals surface area contributed by atoms with Crippen LogP contribution >= 0.6 is 0 Å². The van der Waals surface area contributed by atoms with Crippen molar-refractivity contribution < 1.29 is 9.90 Å². The lowest BCUT2D eigenvalue weighted by atomic mass is 10.0. The molecule has 1 atom stereocenters. The number of hydrogen-bond donors (Lipinski definition) is 2. The number of carbonyl (C=O) groups excluding carboxylic acids is 1. The zero-order valence-electron chi connectivity index (χ0n) is 9.81. The van der Waals surface area contributed by atoms with Crippen molar-refractivity contribution >= 4 is 5.91 Å². The molecule has 0 heterocycles. The maximum Gasteiger partial charge on any atom is 0.251 e. The number of benzene rings is 1. The fraction of sp³-hybridized carbons (Fsp3) is 0.462. The first-order chi connectivity index (χ1) is 7.61. The molecule has 1 unspecified atom stereocenters. The standard InChI is InChI=1S/C13H19NO2/c1-10(2)12(15)8-9-14-13(16)11-6-4-3-5-7-11/h3-7,10,12,15H,8-9H2,1-2H3,(H,14,16). The van der Waals surface area contributed by atoms with Crippen molar-refractivity contribution in [2.45, 2.75) is 26.4 Å². The molecule has 0 aliphatic carbocycles. The van der Waals surface area contributed by atoms with Crippen LogP contribution in [0.4, 0.5) is 0 Å². The molecule has 0 fully saturated rings. The average molecular weight is 221 g/mol. The first-order valence-electron chi connectivity index (χ1n) is 5.62. The topological polar surface area (TPSA) is 49.3 Å². The second-order valence-corrected chi connectivity index (χ2v) is 4.22. The van der Waals surface area contributed by atoms with E-state index in [1.165, 1.54) is 0 Å². The first kappa shape index (κ1) is 12.7. The largest absolute Gasteiger partial charge is 0.393 e. The highest BCUT2D eigenvalue weighted by molar-refractivity contribution is 5.94. The van der Waals surface area contributed by atoms with E-state index in [-0.39, 0.29) is 17.9 Å². The van der Waals surface area contributed by atoms with Crippen LogP contribution in [-0.2, 0) is 0 Å². The smallest absolute Gasteiger partial charge is 0.251 e. The van der Waals surface area contributed by atoms with Gasteiger partial charge in [-0.2, -0.15) is 0 Å². The highest BCUT2D eigenvalue weighted by Gasteiger charge is 2.09. The minimum atomic E-state index is -0.351. The van der Waals surface area contributed by atoms with Gasteiger partial charge in [0.25, 0.3) is 5.91 Å². The summed E-state index contributed by atoms with van der Waals surface area (Å²) in [5.41, 5.74) is 0.654. The lowest BCUT2D eigenvalue weighted by Crippen LogP contribution is -2.28. The zero-order chi connectivity index (χ0) is 12.0. The van der Waals surface area contributed by atoms with Crippen molar-refractivity contribution in [1.29, 1.82) is 0 Å². The van der Waals surface area contributed by atoms with Crippen LogP contribution in [0.15, 0.2) is 30.3 Å². The molecule has 16 heavy (non-hydrogen) atoms. The van der Waals surface area contributed by atoms with E-state index >= 15 is 0 Å². The van der Waals surface area contributed by atoms with E-state index in [1.54, 1.807) is 12.1 Å². The molecule has 0 bridgehead atoms. The maximum absolute atomic E-state index is 11.6. The lowest BCUT2D eigenvalue weighted by Gasteiger charge is -2.14. The van der Waals surface area contributed by atoms with Crippen LogP contribution in [0.3, 0.4) is 0 Å². The predicted molar refractivity (Wildman–Crippen MR) is 64.2 cm³/mol. The van der Waals surface area contributed by atoms with Crippen LogP contribution in [-0.4, -0.2) is 23.7 Å². The summed E-state index contributed by atoms with van der Waals surface area (Å²) in [4.78, 5) is 11.6. The number of nitrogens with one attached hydrogen (secondary N) is 1. The van der Waals surface area contributed by atoms with Gasteiger partial charge in [-0.15, -0.1) is 0 Å². The fourth-order valence-corrected chi connectivity index (χ4v) is 1.36. The van der Waals surface area contributed by atoms with Crippen LogP contribution in [0.25, 0.3) is 0 Å². The molecule has 0 saturated heterocycles. The highest BCUT2D eigenvalue weighted by atomic mass is 16.3. The van der Waals surface area contributed by atoms with Gasteiger partial charge >= 0.3 is 0 Å². The van der Waals surface area contributed by atoms with E-state index in [0.717, 1.165) is 0 Å². The molecule has 0 aromatic heterocycles. The Labute approximate surface area is 96.5 Å². The molecule has 0 radical (unpaired) electrons. The molecular formula is C13H19NO2. The van der Waals surface area contributed by atoms with Crippen LogP contribution < -0.4 is 5.32 Å². The minimum Gasteiger partial charge on any atom is -0.393 e. The molecule has 1 aromatic carbocycles. The Kier molecular flexibility index (Phi) is 4.99. The molecule has 0 aliphatic heterocycles. The Bertz CT molecular complexity index is 322. The Balaban J connectivity index is 2.31. The predicted octanol–water partition coefficient (Wildman–Crippen LogP) is 1.82. The van der Waals surface area contributed by atoms with Gasteiger partial charge in [0.15, 0.2) is 0 Å². The minimum absolute atomic E-state index is 0.0865. The normalized spacial score (nSPS) is 12.5.